The van der Waals surface area contributed by atoms with E-state index < -0.39 is 11.1 Å². The number of nitrogens with zero attached hydrogens (tertiary/aromatic N) is 1. The first kappa shape index (κ1) is 14.1. The third-order valence-corrected chi connectivity index (χ3v) is 4.28. The van der Waals surface area contributed by atoms with Crippen molar-refractivity contribution >= 4 is 11.8 Å². The summed E-state index contributed by atoms with van der Waals surface area (Å²) in [6.45, 7) is 9.99. The summed E-state index contributed by atoms with van der Waals surface area (Å²) in [5.74, 6) is 0.305. The molecular weight excluding hydrogens is 240 g/mol. The van der Waals surface area contributed by atoms with Crippen LogP contribution < -0.4 is 5.32 Å². The van der Waals surface area contributed by atoms with Crippen molar-refractivity contribution < 1.29 is 9.59 Å². The molecule has 1 unspecified atom stereocenters. The van der Waals surface area contributed by atoms with Crippen molar-refractivity contribution in [2.75, 3.05) is 6.54 Å². The van der Waals surface area contributed by atoms with Gasteiger partial charge in [-0.1, -0.05) is 11.6 Å². The van der Waals surface area contributed by atoms with E-state index in [0.29, 0.717) is 12.5 Å². The summed E-state index contributed by atoms with van der Waals surface area (Å²) in [5, 5.41) is 2.88. The zero-order chi connectivity index (χ0) is 14.4. The molecule has 0 aromatic carbocycles. The zero-order valence-electron chi connectivity index (χ0n) is 12.5. The van der Waals surface area contributed by atoms with Crippen LogP contribution in [-0.2, 0) is 9.59 Å². The number of piperazine rings is 1. The van der Waals surface area contributed by atoms with Crippen molar-refractivity contribution in [2.24, 2.45) is 5.92 Å². The SMILES string of the molecule is CC(C)=CCN1C(=O)C(C)(C)NC(=O)C1(C)C1CC1. The molecule has 19 heavy (non-hydrogen) atoms. The van der Waals surface area contributed by atoms with E-state index in [0.717, 1.165) is 18.4 Å². The number of nitrogens with one attached hydrogen (secondary N) is 1. The maximum absolute atomic E-state index is 12.6. The van der Waals surface area contributed by atoms with Crippen molar-refractivity contribution in [3.63, 3.8) is 0 Å². The Bertz CT molecular complexity index is 445. The smallest absolute Gasteiger partial charge is 0.248 e. The second-order valence-electron chi connectivity index (χ2n) is 6.70. The zero-order valence-corrected chi connectivity index (χ0v) is 12.5. The molecule has 1 saturated carbocycles. The Balaban J connectivity index is 2.37. The van der Waals surface area contributed by atoms with Gasteiger partial charge in [0.05, 0.1) is 0 Å². The molecule has 2 aliphatic rings. The fourth-order valence-electron chi connectivity index (χ4n) is 2.73. The average Bonchev–Trinajstić information content (AvgIpc) is 3.09. The first-order valence-corrected chi connectivity index (χ1v) is 6.97. The van der Waals surface area contributed by atoms with E-state index in [-0.39, 0.29) is 11.8 Å². The van der Waals surface area contributed by atoms with Gasteiger partial charge in [-0.25, -0.2) is 0 Å². The van der Waals surface area contributed by atoms with Gasteiger partial charge in [-0.05, 0) is 53.4 Å². The van der Waals surface area contributed by atoms with E-state index in [1.807, 2.05) is 26.8 Å². The Labute approximate surface area is 115 Å². The highest BCUT2D eigenvalue weighted by Crippen LogP contribution is 2.45. The molecule has 4 nitrogen and oxygen atoms in total. The lowest BCUT2D eigenvalue weighted by Gasteiger charge is -2.49. The van der Waals surface area contributed by atoms with Crippen molar-refractivity contribution in [3.05, 3.63) is 11.6 Å². The predicted octanol–water partition coefficient (Wildman–Crippen LogP) is 1.86. The minimum absolute atomic E-state index is 0.0123. The van der Waals surface area contributed by atoms with Crippen molar-refractivity contribution in [2.45, 2.75) is 58.5 Å². The summed E-state index contributed by atoms with van der Waals surface area (Å²) in [4.78, 5) is 26.9. The maximum atomic E-state index is 12.6. The number of amides is 2. The fraction of sp³-hybridized carbons (Fsp3) is 0.733. The number of rotatable bonds is 3. The lowest BCUT2D eigenvalue weighted by molar-refractivity contribution is -0.161. The highest BCUT2D eigenvalue weighted by Gasteiger charge is 2.58. The van der Waals surface area contributed by atoms with Crippen molar-refractivity contribution in [1.29, 1.82) is 0 Å². The Morgan fingerprint density at radius 1 is 1.32 bits per heavy atom. The molecule has 0 radical (unpaired) electrons. The Morgan fingerprint density at radius 3 is 2.37 bits per heavy atom. The van der Waals surface area contributed by atoms with Gasteiger partial charge in [0.2, 0.25) is 11.8 Å². The summed E-state index contributed by atoms with van der Waals surface area (Å²) < 4.78 is 0. The van der Waals surface area contributed by atoms with E-state index in [2.05, 4.69) is 5.32 Å². The molecule has 0 aromatic heterocycles. The normalized spacial score (nSPS) is 30.1. The van der Waals surface area contributed by atoms with E-state index in [4.69, 9.17) is 0 Å². The van der Waals surface area contributed by atoms with Gasteiger partial charge in [0.25, 0.3) is 0 Å². The summed E-state index contributed by atoms with van der Waals surface area (Å²) in [6.07, 6.45) is 4.08. The van der Waals surface area contributed by atoms with Crippen molar-refractivity contribution in [3.8, 4) is 0 Å². The molecular formula is C15H24N2O2. The molecule has 2 amide bonds. The van der Waals surface area contributed by atoms with Gasteiger partial charge in [0.15, 0.2) is 0 Å². The van der Waals surface area contributed by atoms with Crippen LogP contribution in [0.2, 0.25) is 0 Å². The molecule has 4 heteroatoms. The second-order valence-corrected chi connectivity index (χ2v) is 6.70. The van der Waals surface area contributed by atoms with Crippen LogP contribution in [0, 0.1) is 5.92 Å². The topological polar surface area (TPSA) is 49.4 Å². The van der Waals surface area contributed by atoms with E-state index >= 15 is 0 Å². The third-order valence-electron chi connectivity index (χ3n) is 4.28. The van der Waals surface area contributed by atoms with E-state index in [1.165, 1.54) is 0 Å². The number of hydrogen-bond acceptors (Lipinski definition) is 2. The summed E-state index contributed by atoms with van der Waals surface area (Å²) in [5.41, 5.74) is -0.325. The highest BCUT2D eigenvalue weighted by molar-refractivity contribution is 6.02. The van der Waals surface area contributed by atoms with Crippen LogP contribution in [0.3, 0.4) is 0 Å². The molecule has 106 valence electrons. The standard InChI is InChI=1S/C15H24N2O2/c1-10(2)8-9-17-13(19)14(3,4)16-12(18)15(17,5)11-6-7-11/h8,11H,6-7,9H2,1-5H3,(H,16,18). The third kappa shape index (κ3) is 2.28. The van der Waals surface area contributed by atoms with Gasteiger partial charge in [0, 0.05) is 6.54 Å². The van der Waals surface area contributed by atoms with Crippen LogP contribution in [0.1, 0.15) is 47.5 Å². The minimum atomic E-state index is -0.805. The molecule has 1 N–H and O–H groups in total. The summed E-state index contributed by atoms with van der Waals surface area (Å²) >= 11 is 0. The molecule has 1 aliphatic heterocycles. The molecule has 0 bridgehead atoms. The van der Waals surface area contributed by atoms with Crippen LogP contribution in [0.25, 0.3) is 0 Å². The summed E-state index contributed by atoms with van der Waals surface area (Å²) in [7, 11) is 0. The largest absolute Gasteiger partial charge is 0.340 e. The molecule has 1 saturated heterocycles. The molecule has 1 aliphatic carbocycles. The lowest BCUT2D eigenvalue weighted by Crippen LogP contribution is -2.74. The quantitative estimate of drug-likeness (QED) is 0.791. The summed E-state index contributed by atoms with van der Waals surface area (Å²) in [6, 6.07) is 0. The monoisotopic (exact) mass is 264 g/mol. The van der Waals surface area contributed by atoms with Crippen molar-refractivity contribution in [1.82, 2.24) is 10.2 Å². The first-order chi connectivity index (χ1) is 8.69. The van der Waals surface area contributed by atoms with Gasteiger partial charge in [-0.3, -0.25) is 9.59 Å². The lowest BCUT2D eigenvalue weighted by atomic mass is 9.84. The van der Waals surface area contributed by atoms with Crippen LogP contribution in [0.15, 0.2) is 11.6 Å². The van der Waals surface area contributed by atoms with Gasteiger partial charge in [-0.15, -0.1) is 0 Å². The molecule has 1 heterocycles. The number of hydrogen-bond donors (Lipinski definition) is 1. The van der Waals surface area contributed by atoms with Gasteiger partial charge in [0.1, 0.15) is 11.1 Å². The average molecular weight is 264 g/mol. The van der Waals surface area contributed by atoms with Gasteiger partial charge in [-0.2, -0.15) is 0 Å². The molecule has 0 aromatic rings. The molecule has 2 fully saturated rings. The Kier molecular flexibility index (Phi) is 3.23. The molecule has 0 spiro atoms. The van der Waals surface area contributed by atoms with Crippen LogP contribution in [-0.4, -0.2) is 34.3 Å². The van der Waals surface area contributed by atoms with E-state index in [1.54, 1.807) is 18.7 Å². The highest BCUT2D eigenvalue weighted by atomic mass is 16.2. The molecule has 1 atom stereocenters. The van der Waals surface area contributed by atoms with Gasteiger partial charge >= 0.3 is 0 Å². The first-order valence-electron chi connectivity index (χ1n) is 6.97. The second kappa shape index (κ2) is 4.36. The number of carbonyl (C=O) groups excluding carboxylic acids is 2. The Morgan fingerprint density at radius 2 is 1.89 bits per heavy atom. The van der Waals surface area contributed by atoms with Crippen LogP contribution >= 0.6 is 0 Å². The number of carbonyl (C=O) groups is 2. The fourth-order valence-corrected chi connectivity index (χ4v) is 2.73. The molecule has 2 rings (SSSR count). The maximum Gasteiger partial charge on any atom is 0.248 e. The Hall–Kier alpha value is -1.32. The van der Waals surface area contributed by atoms with Crippen LogP contribution in [0.5, 0.6) is 0 Å². The minimum Gasteiger partial charge on any atom is -0.340 e. The number of allylic oxidation sites excluding steroid dienone is 1. The predicted molar refractivity (Wildman–Crippen MR) is 74.5 cm³/mol. The van der Waals surface area contributed by atoms with Gasteiger partial charge < -0.3 is 10.2 Å². The van der Waals surface area contributed by atoms with Crippen LogP contribution in [0.4, 0.5) is 0 Å². The van der Waals surface area contributed by atoms with E-state index in [9.17, 15) is 9.59 Å².